The molecule has 0 aliphatic carbocycles. The third kappa shape index (κ3) is 3.26. The maximum Gasteiger partial charge on any atom is 0.343 e. The van der Waals surface area contributed by atoms with E-state index in [1.807, 2.05) is 18.2 Å². The van der Waals surface area contributed by atoms with Crippen molar-refractivity contribution in [3.63, 3.8) is 0 Å². The van der Waals surface area contributed by atoms with Gasteiger partial charge in [-0.1, -0.05) is 24.6 Å². The Kier molecular flexibility index (Phi) is 4.91. The summed E-state index contributed by atoms with van der Waals surface area (Å²) in [4.78, 5) is 12.2. The van der Waals surface area contributed by atoms with Crippen LogP contribution < -0.4 is 11.0 Å². The molecule has 0 radical (unpaired) electrons. The quantitative estimate of drug-likeness (QED) is 0.891. The molecule has 1 aromatic heterocycles. The van der Waals surface area contributed by atoms with Crippen LogP contribution in [0, 0.1) is 0 Å². The number of rotatable bonds is 5. The van der Waals surface area contributed by atoms with Crippen LogP contribution in [0.15, 0.2) is 33.0 Å². The maximum atomic E-state index is 11.3. The minimum atomic E-state index is -0.235. The van der Waals surface area contributed by atoms with Gasteiger partial charge < -0.3 is 5.32 Å². The van der Waals surface area contributed by atoms with Gasteiger partial charge in [0.15, 0.2) is 5.16 Å². The summed E-state index contributed by atoms with van der Waals surface area (Å²) >= 11 is 7.67. The highest BCUT2D eigenvalue weighted by molar-refractivity contribution is 7.99. The molecule has 1 heterocycles. The van der Waals surface area contributed by atoms with Gasteiger partial charge in [-0.15, -0.1) is 5.10 Å². The molecule has 0 fully saturated rings. The van der Waals surface area contributed by atoms with Crippen molar-refractivity contribution < 1.29 is 0 Å². The van der Waals surface area contributed by atoms with Crippen LogP contribution in [0.2, 0.25) is 5.02 Å². The summed E-state index contributed by atoms with van der Waals surface area (Å²) in [6.07, 6.45) is 0. The first-order chi connectivity index (χ1) is 9.52. The van der Waals surface area contributed by atoms with E-state index >= 15 is 0 Å². The molecule has 2 aromatic rings. The Morgan fingerprint density at radius 2 is 2.30 bits per heavy atom. The normalized spacial score (nSPS) is 12.6. The second-order valence-corrected chi connectivity index (χ2v) is 5.86. The standard InChI is InChI=1S/C13H17ClN4OS/c1-4-15-8(2)9-5-6-11(10(14)7-9)20-13-17-16-12(19)18(13)3/h5-8,15H,4H2,1-3H3,(H,16,19). The number of nitrogens with one attached hydrogen (secondary N) is 2. The molecule has 0 aliphatic rings. The molecule has 1 aromatic carbocycles. The Bertz CT molecular complexity index is 652. The molecule has 0 bridgehead atoms. The topological polar surface area (TPSA) is 62.7 Å². The van der Waals surface area contributed by atoms with Gasteiger partial charge in [-0.3, -0.25) is 4.57 Å². The molecule has 0 amide bonds. The van der Waals surface area contributed by atoms with Crippen molar-refractivity contribution in [3.05, 3.63) is 39.3 Å². The number of nitrogens with zero attached hydrogens (tertiary/aromatic N) is 2. The van der Waals surface area contributed by atoms with E-state index in [4.69, 9.17) is 11.6 Å². The smallest absolute Gasteiger partial charge is 0.310 e. The van der Waals surface area contributed by atoms with Gasteiger partial charge in [0.05, 0.1) is 5.02 Å². The fourth-order valence-electron chi connectivity index (χ4n) is 1.82. The highest BCUT2D eigenvalue weighted by atomic mass is 35.5. The summed E-state index contributed by atoms with van der Waals surface area (Å²) in [7, 11) is 1.67. The predicted octanol–water partition coefficient (Wildman–Crippen LogP) is 2.58. The van der Waals surface area contributed by atoms with Crippen molar-refractivity contribution in [2.45, 2.75) is 29.9 Å². The first-order valence-corrected chi connectivity index (χ1v) is 7.54. The number of aromatic amines is 1. The van der Waals surface area contributed by atoms with E-state index in [0.29, 0.717) is 10.2 Å². The molecular formula is C13H17ClN4OS. The second-order valence-electron chi connectivity index (χ2n) is 4.44. The lowest BCUT2D eigenvalue weighted by molar-refractivity contribution is 0.598. The highest BCUT2D eigenvalue weighted by Crippen LogP contribution is 2.33. The van der Waals surface area contributed by atoms with Crippen LogP contribution in [0.1, 0.15) is 25.5 Å². The van der Waals surface area contributed by atoms with E-state index in [9.17, 15) is 4.79 Å². The monoisotopic (exact) mass is 312 g/mol. The van der Waals surface area contributed by atoms with E-state index in [0.717, 1.165) is 17.0 Å². The number of benzene rings is 1. The molecule has 0 saturated heterocycles. The van der Waals surface area contributed by atoms with E-state index < -0.39 is 0 Å². The first-order valence-electron chi connectivity index (χ1n) is 6.35. The average molecular weight is 313 g/mol. The van der Waals surface area contributed by atoms with Crippen molar-refractivity contribution in [2.75, 3.05) is 6.54 Å². The number of H-pyrrole nitrogens is 1. The van der Waals surface area contributed by atoms with Crippen molar-refractivity contribution in [1.29, 1.82) is 0 Å². The minimum Gasteiger partial charge on any atom is -0.310 e. The van der Waals surface area contributed by atoms with E-state index in [-0.39, 0.29) is 11.7 Å². The minimum absolute atomic E-state index is 0.235. The summed E-state index contributed by atoms with van der Waals surface area (Å²) in [5.41, 5.74) is 0.901. The zero-order valence-corrected chi connectivity index (χ0v) is 13.2. The fraction of sp³-hybridized carbons (Fsp3) is 0.385. The second kappa shape index (κ2) is 6.47. The Balaban J connectivity index is 2.22. The van der Waals surface area contributed by atoms with Crippen molar-refractivity contribution >= 4 is 23.4 Å². The average Bonchev–Trinajstić information content (AvgIpc) is 2.73. The molecular weight excluding hydrogens is 296 g/mol. The van der Waals surface area contributed by atoms with Gasteiger partial charge in [-0.2, -0.15) is 0 Å². The molecule has 0 aliphatic heterocycles. The van der Waals surface area contributed by atoms with Crippen LogP contribution >= 0.6 is 23.4 Å². The predicted molar refractivity (Wildman–Crippen MR) is 81.5 cm³/mol. The molecule has 1 atom stereocenters. The fourth-order valence-corrected chi connectivity index (χ4v) is 2.92. The summed E-state index contributed by atoms with van der Waals surface area (Å²) in [6, 6.07) is 6.19. The van der Waals surface area contributed by atoms with Gasteiger partial charge in [0.2, 0.25) is 0 Å². The van der Waals surface area contributed by atoms with Crippen molar-refractivity contribution in [2.24, 2.45) is 7.05 Å². The maximum absolute atomic E-state index is 11.3. The first kappa shape index (κ1) is 15.2. The molecule has 0 saturated carbocycles. The molecule has 2 N–H and O–H groups in total. The Morgan fingerprint density at radius 3 is 2.85 bits per heavy atom. The van der Waals surface area contributed by atoms with Gasteiger partial charge in [0, 0.05) is 18.0 Å². The summed E-state index contributed by atoms with van der Waals surface area (Å²) in [5.74, 6) is 0. The number of aromatic nitrogens is 3. The van der Waals surface area contributed by atoms with Crippen molar-refractivity contribution in [3.8, 4) is 0 Å². The number of hydrogen-bond acceptors (Lipinski definition) is 4. The summed E-state index contributed by atoms with van der Waals surface area (Å²) in [6.45, 7) is 5.07. The summed E-state index contributed by atoms with van der Waals surface area (Å²) < 4.78 is 1.45. The molecule has 5 nitrogen and oxygen atoms in total. The van der Waals surface area contributed by atoms with Crippen LogP contribution in [-0.4, -0.2) is 21.3 Å². The van der Waals surface area contributed by atoms with Crippen LogP contribution in [0.5, 0.6) is 0 Å². The van der Waals surface area contributed by atoms with Crippen LogP contribution in [0.4, 0.5) is 0 Å². The Hall–Kier alpha value is -1.24. The van der Waals surface area contributed by atoms with E-state index in [1.165, 1.54) is 16.3 Å². The van der Waals surface area contributed by atoms with Gasteiger partial charge >= 0.3 is 5.69 Å². The third-order valence-corrected chi connectivity index (χ3v) is 4.55. The zero-order chi connectivity index (χ0) is 14.7. The lowest BCUT2D eigenvalue weighted by Crippen LogP contribution is -2.17. The van der Waals surface area contributed by atoms with Crippen LogP contribution in [0.25, 0.3) is 0 Å². The Labute approximate surface area is 126 Å². The molecule has 108 valence electrons. The Morgan fingerprint density at radius 1 is 1.55 bits per heavy atom. The van der Waals surface area contributed by atoms with Crippen molar-refractivity contribution in [1.82, 2.24) is 20.1 Å². The molecule has 20 heavy (non-hydrogen) atoms. The van der Waals surface area contributed by atoms with Gasteiger partial charge in [0.25, 0.3) is 0 Å². The lowest BCUT2D eigenvalue weighted by Gasteiger charge is -2.14. The van der Waals surface area contributed by atoms with Gasteiger partial charge in [-0.05, 0) is 42.9 Å². The van der Waals surface area contributed by atoms with E-state index in [1.54, 1.807) is 7.05 Å². The van der Waals surface area contributed by atoms with Crippen LogP contribution in [0.3, 0.4) is 0 Å². The molecule has 1 unspecified atom stereocenters. The molecule has 2 rings (SSSR count). The largest absolute Gasteiger partial charge is 0.343 e. The number of halogens is 1. The molecule has 7 heteroatoms. The molecule has 0 spiro atoms. The highest BCUT2D eigenvalue weighted by Gasteiger charge is 2.11. The third-order valence-electron chi connectivity index (χ3n) is 3.01. The summed E-state index contributed by atoms with van der Waals surface area (Å²) in [5, 5.41) is 11.0. The lowest BCUT2D eigenvalue weighted by atomic mass is 10.1. The van der Waals surface area contributed by atoms with E-state index in [2.05, 4.69) is 29.4 Å². The number of hydrogen-bond donors (Lipinski definition) is 2. The zero-order valence-electron chi connectivity index (χ0n) is 11.6. The van der Waals surface area contributed by atoms with Gasteiger partial charge in [-0.25, -0.2) is 9.89 Å². The van der Waals surface area contributed by atoms with Gasteiger partial charge in [0.1, 0.15) is 0 Å². The SMILES string of the molecule is CCNC(C)c1ccc(Sc2n[nH]c(=O)n2C)c(Cl)c1. The van der Waals surface area contributed by atoms with Crippen LogP contribution in [-0.2, 0) is 7.05 Å².